The lowest BCUT2D eigenvalue weighted by atomic mass is 9.79. The van der Waals surface area contributed by atoms with Gasteiger partial charge in [0.1, 0.15) is 0 Å². The summed E-state index contributed by atoms with van der Waals surface area (Å²) in [6.45, 7) is 5.59. The molecule has 3 atom stereocenters. The molecule has 1 aromatic carbocycles. The summed E-state index contributed by atoms with van der Waals surface area (Å²) in [4.78, 5) is 13.7. The van der Waals surface area contributed by atoms with Crippen molar-refractivity contribution in [3.8, 4) is 0 Å². The van der Waals surface area contributed by atoms with E-state index in [2.05, 4.69) is 43.4 Å². The molecule has 1 aliphatic carbocycles. The van der Waals surface area contributed by atoms with Crippen LogP contribution in [0.4, 0.5) is 11.4 Å². The van der Waals surface area contributed by atoms with Crippen molar-refractivity contribution in [3.05, 3.63) is 24.3 Å². The van der Waals surface area contributed by atoms with Gasteiger partial charge in [-0.05, 0) is 61.8 Å². The fraction of sp³-hybridized carbons (Fsp3) is 0.611. The van der Waals surface area contributed by atoms with E-state index in [0.29, 0.717) is 12.5 Å². The van der Waals surface area contributed by atoms with E-state index in [9.17, 15) is 4.79 Å². The second kappa shape index (κ2) is 6.08. The first-order valence-corrected chi connectivity index (χ1v) is 8.30. The predicted octanol–water partition coefficient (Wildman–Crippen LogP) is 4.05. The van der Waals surface area contributed by atoms with E-state index in [4.69, 9.17) is 0 Å². The highest BCUT2D eigenvalue weighted by atomic mass is 16.2. The van der Waals surface area contributed by atoms with E-state index in [0.717, 1.165) is 30.5 Å². The van der Waals surface area contributed by atoms with Crippen LogP contribution in [0.15, 0.2) is 24.3 Å². The van der Waals surface area contributed by atoms with Crippen LogP contribution in [0.1, 0.15) is 46.0 Å². The molecule has 1 aromatic rings. The average Bonchev–Trinajstić information content (AvgIpc) is 2.90. The molecule has 21 heavy (non-hydrogen) atoms. The van der Waals surface area contributed by atoms with Gasteiger partial charge in [0.15, 0.2) is 0 Å². The monoisotopic (exact) mass is 286 g/mol. The van der Waals surface area contributed by atoms with E-state index in [1.165, 1.54) is 24.9 Å². The van der Waals surface area contributed by atoms with Gasteiger partial charge in [0, 0.05) is 30.4 Å². The highest BCUT2D eigenvalue weighted by Crippen LogP contribution is 2.31. The van der Waals surface area contributed by atoms with Crippen LogP contribution in [0, 0.1) is 11.8 Å². The standard InChI is InChI=1S/C18H26N2O/c1-13-5-6-16(12-14(13)2)19-15-7-9-17(10-8-15)20-11-3-4-18(20)21/h7-10,13-14,16,19H,3-6,11-12H2,1-2H3. The summed E-state index contributed by atoms with van der Waals surface area (Å²) < 4.78 is 0. The van der Waals surface area contributed by atoms with Gasteiger partial charge in [-0.15, -0.1) is 0 Å². The molecule has 1 N–H and O–H groups in total. The van der Waals surface area contributed by atoms with Gasteiger partial charge in [-0.2, -0.15) is 0 Å². The summed E-state index contributed by atoms with van der Waals surface area (Å²) in [6.07, 6.45) is 5.51. The van der Waals surface area contributed by atoms with Crippen molar-refractivity contribution in [3.63, 3.8) is 0 Å². The van der Waals surface area contributed by atoms with Crippen LogP contribution in [0.5, 0.6) is 0 Å². The minimum atomic E-state index is 0.255. The van der Waals surface area contributed by atoms with Crippen LogP contribution in [0.25, 0.3) is 0 Å². The lowest BCUT2D eigenvalue weighted by Crippen LogP contribution is -2.30. The van der Waals surface area contributed by atoms with Gasteiger partial charge in [0.25, 0.3) is 0 Å². The second-order valence-corrected chi connectivity index (χ2v) is 6.80. The SMILES string of the molecule is CC1CCC(Nc2ccc(N3CCCC3=O)cc2)CC1C. The normalized spacial score (nSPS) is 29.7. The highest BCUT2D eigenvalue weighted by Gasteiger charge is 2.24. The number of amides is 1. The highest BCUT2D eigenvalue weighted by molar-refractivity contribution is 5.95. The minimum absolute atomic E-state index is 0.255. The van der Waals surface area contributed by atoms with Gasteiger partial charge >= 0.3 is 0 Å². The molecule has 3 nitrogen and oxygen atoms in total. The first-order chi connectivity index (χ1) is 10.1. The van der Waals surface area contributed by atoms with Crippen molar-refractivity contribution in [2.45, 2.75) is 52.0 Å². The quantitative estimate of drug-likeness (QED) is 0.909. The third kappa shape index (κ3) is 3.22. The molecule has 0 radical (unpaired) electrons. The molecule has 3 unspecified atom stereocenters. The minimum Gasteiger partial charge on any atom is -0.382 e. The van der Waals surface area contributed by atoms with Crippen LogP contribution in [-0.2, 0) is 4.79 Å². The van der Waals surface area contributed by atoms with Gasteiger partial charge in [0.05, 0.1) is 0 Å². The average molecular weight is 286 g/mol. The van der Waals surface area contributed by atoms with Gasteiger partial charge < -0.3 is 10.2 Å². The van der Waals surface area contributed by atoms with E-state index in [-0.39, 0.29) is 5.91 Å². The first-order valence-electron chi connectivity index (χ1n) is 8.30. The van der Waals surface area contributed by atoms with Gasteiger partial charge in [0.2, 0.25) is 5.91 Å². The maximum Gasteiger partial charge on any atom is 0.227 e. The zero-order chi connectivity index (χ0) is 14.8. The Balaban J connectivity index is 1.61. The number of hydrogen-bond acceptors (Lipinski definition) is 2. The molecule has 0 aromatic heterocycles. The zero-order valence-electron chi connectivity index (χ0n) is 13.1. The van der Waals surface area contributed by atoms with Crippen LogP contribution in [0.3, 0.4) is 0 Å². The topological polar surface area (TPSA) is 32.3 Å². The lowest BCUT2D eigenvalue weighted by Gasteiger charge is -2.33. The molecule has 3 rings (SSSR count). The maximum absolute atomic E-state index is 11.8. The summed E-state index contributed by atoms with van der Waals surface area (Å²) in [6, 6.07) is 8.96. The van der Waals surface area contributed by atoms with Crippen molar-refractivity contribution < 1.29 is 4.79 Å². The van der Waals surface area contributed by atoms with Gasteiger partial charge in [-0.1, -0.05) is 13.8 Å². The molecule has 1 aliphatic heterocycles. The Morgan fingerprint density at radius 1 is 1.10 bits per heavy atom. The van der Waals surface area contributed by atoms with E-state index in [1.807, 2.05) is 4.90 Å². The molecule has 114 valence electrons. The molecule has 1 heterocycles. The molecule has 3 heteroatoms. The number of nitrogens with zero attached hydrogens (tertiary/aromatic N) is 1. The first kappa shape index (κ1) is 14.4. The zero-order valence-corrected chi connectivity index (χ0v) is 13.1. The second-order valence-electron chi connectivity index (χ2n) is 6.80. The van der Waals surface area contributed by atoms with Crippen molar-refractivity contribution in [2.75, 3.05) is 16.8 Å². The number of carbonyl (C=O) groups is 1. The molecule has 0 bridgehead atoms. The number of carbonyl (C=O) groups excluding carboxylic acids is 1. The number of benzene rings is 1. The van der Waals surface area contributed by atoms with Crippen molar-refractivity contribution in [1.29, 1.82) is 0 Å². The number of hydrogen-bond donors (Lipinski definition) is 1. The molecule has 1 saturated heterocycles. The predicted molar refractivity (Wildman–Crippen MR) is 87.6 cm³/mol. The fourth-order valence-corrected chi connectivity index (χ4v) is 3.57. The number of nitrogens with one attached hydrogen (secondary N) is 1. The van der Waals surface area contributed by atoms with E-state index < -0.39 is 0 Å². The van der Waals surface area contributed by atoms with E-state index in [1.54, 1.807) is 0 Å². The fourth-order valence-electron chi connectivity index (χ4n) is 3.57. The summed E-state index contributed by atoms with van der Waals surface area (Å²) in [5.41, 5.74) is 2.21. The molecular weight excluding hydrogens is 260 g/mol. The number of rotatable bonds is 3. The summed E-state index contributed by atoms with van der Waals surface area (Å²) >= 11 is 0. The Bertz CT molecular complexity index is 496. The Morgan fingerprint density at radius 3 is 2.48 bits per heavy atom. The number of anilines is 2. The largest absolute Gasteiger partial charge is 0.382 e. The Kier molecular flexibility index (Phi) is 4.18. The van der Waals surface area contributed by atoms with Crippen molar-refractivity contribution in [1.82, 2.24) is 0 Å². The third-order valence-corrected chi connectivity index (χ3v) is 5.22. The van der Waals surface area contributed by atoms with Crippen LogP contribution >= 0.6 is 0 Å². The van der Waals surface area contributed by atoms with Crippen LogP contribution < -0.4 is 10.2 Å². The van der Waals surface area contributed by atoms with E-state index >= 15 is 0 Å². The summed E-state index contributed by atoms with van der Waals surface area (Å²) in [5.74, 6) is 1.91. The van der Waals surface area contributed by atoms with Crippen molar-refractivity contribution >= 4 is 17.3 Å². The molecule has 2 fully saturated rings. The van der Waals surface area contributed by atoms with Crippen LogP contribution in [0.2, 0.25) is 0 Å². The molecule has 2 aliphatic rings. The molecule has 1 saturated carbocycles. The maximum atomic E-state index is 11.8. The summed E-state index contributed by atoms with van der Waals surface area (Å²) in [5, 5.41) is 3.66. The smallest absolute Gasteiger partial charge is 0.227 e. The molecular formula is C18H26N2O. The van der Waals surface area contributed by atoms with Crippen LogP contribution in [-0.4, -0.2) is 18.5 Å². The van der Waals surface area contributed by atoms with Crippen molar-refractivity contribution in [2.24, 2.45) is 11.8 Å². The lowest BCUT2D eigenvalue weighted by molar-refractivity contribution is -0.117. The third-order valence-electron chi connectivity index (χ3n) is 5.22. The molecule has 0 spiro atoms. The van der Waals surface area contributed by atoms with Gasteiger partial charge in [-0.25, -0.2) is 0 Å². The summed E-state index contributed by atoms with van der Waals surface area (Å²) in [7, 11) is 0. The molecule has 1 amide bonds. The Morgan fingerprint density at radius 2 is 1.86 bits per heavy atom. The Labute approximate surface area is 127 Å². The van der Waals surface area contributed by atoms with Gasteiger partial charge in [-0.3, -0.25) is 4.79 Å². The Hall–Kier alpha value is -1.51.